The van der Waals surface area contributed by atoms with Gasteiger partial charge in [0.2, 0.25) is 0 Å². The largest absolute Gasteiger partial charge is 0.478 e. The third-order valence-electron chi connectivity index (χ3n) is 3.90. The molecule has 0 rings (SSSR count). The standard InChI is InChI=1S/C17H29F3O2/c1-3-4-5-6-7-8-9-10-11-12-13-15(17(18,19)20)14(2)16(21)22/h3-13H2,1-2H3,(H,21,22). The van der Waals surface area contributed by atoms with Crippen LogP contribution in [0.4, 0.5) is 13.2 Å². The summed E-state index contributed by atoms with van der Waals surface area (Å²) in [6, 6.07) is 0. The van der Waals surface area contributed by atoms with Gasteiger partial charge in [-0.1, -0.05) is 64.7 Å². The highest BCUT2D eigenvalue weighted by Crippen LogP contribution is 2.32. The van der Waals surface area contributed by atoms with Crippen LogP contribution in [0.1, 0.15) is 84.5 Å². The third-order valence-corrected chi connectivity index (χ3v) is 3.90. The van der Waals surface area contributed by atoms with Crippen molar-refractivity contribution in [1.29, 1.82) is 0 Å². The molecule has 0 aliphatic rings. The number of aliphatic carboxylic acids is 1. The molecule has 0 unspecified atom stereocenters. The summed E-state index contributed by atoms with van der Waals surface area (Å²) in [5.74, 6) is -1.49. The number of alkyl halides is 3. The number of allylic oxidation sites excluding steroid dienone is 1. The number of carboxylic acid groups (broad SMARTS) is 1. The Morgan fingerprint density at radius 1 is 0.864 bits per heavy atom. The SMILES string of the molecule is CCCCCCCCCCCCC(=C(C)C(=O)O)C(F)(F)F. The van der Waals surface area contributed by atoms with Crippen LogP contribution in [-0.2, 0) is 4.79 Å². The fourth-order valence-electron chi connectivity index (χ4n) is 2.46. The summed E-state index contributed by atoms with van der Waals surface area (Å²) >= 11 is 0. The average Bonchev–Trinajstić information content (AvgIpc) is 2.42. The first-order valence-corrected chi connectivity index (χ1v) is 8.31. The summed E-state index contributed by atoms with van der Waals surface area (Å²) in [6.07, 6.45) is 5.71. The number of unbranched alkanes of at least 4 members (excludes halogenated alkanes) is 9. The lowest BCUT2D eigenvalue weighted by Crippen LogP contribution is -2.17. The first-order valence-electron chi connectivity index (χ1n) is 8.31. The molecule has 5 heteroatoms. The highest BCUT2D eigenvalue weighted by molar-refractivity contribution is 5.87. The molecule has 0 atom stereocenters. The van der Waals surface area contributed by atoms with E-state index in [-0.39, 0.29) is 6.42 Å². The second kappa shape index (κ2) is 11.6. The van der Waals surface area contributed by atoms with Crippen molar-refractivity contribution < 1.29 is 23.1 Å². The summed E-state index contributed by atoms with van der Waals surface area (Å²) in [5, 5.41) is 8.72. The summed E-state index contributed by atoms with van der Waals surface area (Å²) in [6.45, 7) is 3.21. The quantitative estimate of drug-likeness (QED) is 0.340. The topological polar surface area (TPSA) is 37.3 Å². The molecule has 0 saturated carbocycles. The molecule has 0 bridgehead atoms. The second-order valence-electron chi connectivity index (χ2n) is 5.84. The lowest BCUT2D eigenvalue weighted by atomic mass is 10.0. The molecule has 0 heterocycles. The lowest BCUT2D eigenvalue weighted by Gasteiger charge is -2.13. The molecular weight excluding hydrogens is 293 g/mol. The number of halogens is 3. The normalized spacial score (nSPS) is 13.1. The van der Waals surface area contributed by atoms with Crippen LogP contribution in [0.2, 0.25) is 0 Å². The maximum Gasteiger partial charge on any atom is 0.413 e. The van der Waals surface area contributed by atoms with Crippen LogP contribution in [0.15, 0.2) is 11.1 Å². The van der Waals surface area contributed by atoms with Crippen LogP contribution in [0.5, 0.6) is 0 Å². The predicted molar refractivity (Wildman–Crippen MR) is 82.9 cm³/mol. The molecule has 0 aromatic heterocycles. The number of hydrogen-bond donors (Lipinski definition) is 1. The molecule has 130 valence electrons. The molecule has 1 N–H and O–H groups in total. The predicted octanol–water partition coefficient (Wildman–Crippen LogP) is 6.26. The Hall–Kier alpha value is -1.00. The van der Waals surface area contributed by atoms with E-state index in [4.69, 9.17) is 5.11 Å². The fourth-order valence-corrected chi connectivity index (χ4v) is 2.46. The molecule has 0 radical (unpaired) electrons. The van der Waals surface area contributed by atoms with Crippen LogP contribution >= 0.6 is 0 Å². The first-order chi connectivity index (χ1) is 10.3. The molecule has 0 aliphatic heterocycles. The maximum atomic E-state index is 12.8. The molecular formula is C17H29F3O2. The van der Waals surface area contributed by atoms with Crippen molar-refractivity contribution in [3.63, 3.8) is 0 Å². The van der Waals surface area contributed by atoms with E-state index in [1.165, 1.54) is 32.1 Å². The van der Waals surface area contributed by atoms with Crippen molar-refractivity contribution in [2.75, 3.05) is 0 Å². The first kappa shape index (κ1) is 21.0. The van der Waals surface area contributed by atoms with Crippen LogP contribution in [0.3, 0.4) is 0 Å². The molecule has 22 heavy (non-hydrogen) atoms. The minimum absolute atomic E-state index is 0.196. The number of rotatable bonds is 12. The van der Waals surface area contributed by atoms with Crippen molar-refractivity contribution in [3.8, 4) is 0 Å². The summed E-state index contributed by atoms with van der Waals surface area (Å²) < 4.78 is 38.4. The zero-order valence-electron chi connectivity index (χ0n) is 13.8. The van der Waals surface area contributed by atoms with Crippen molar-refractivity contribution in [1.82, 2.24) is 0 Å². The Bertz CT molecular complexity index is 346. The van der Waals surface area contributed by atoms with Gasteiger partial charge in [0, 0.05) is 11.1 Å². The fraction of sp³-hybridized carbons (Fsp3) is 0.824. The smallest absolute Gasteiger partial charge is 0.413 e. The average molecular weight is 322 g/mol. The van der Waals surface area contributed by atoms with E-state index in [9.17, 15) is 18.0 Å². The van der Waals surface area contributed by atoms with Gasteiger partial charge in [0.05, 0.1) is 0 Å². The van der Waals surface area contributed by atoms with Gasteiger partial charge in [0.25, 0.3) is 0 Å². The molecule has 0 amide bonds. The Balaban J connectivity index is 3.88. The number of hydrogen-bond acceptors (Lipinski definition) is 1. The minimum atomic E-state index is -4.54. The van der Waals surface area contributed by atoms with Crippen molar-refractivity contribution in [3.05, 3.63) is 11.1 Å². The van der Waals surface area contributed by atoms with Gasteiger partial charge in [-0.25, -0.2) is 4.79 Å². The molecule has 0 saturated heterocycles. The molecule has 0 aromatic carbocycles. The maximum absolute atomic E-state index is 12.8. The summed E-state index contributed by atoms with van der Waals surface area (Å²) in [7, 11) is 0. The van der Waals surface area contributed by atoms with Crippen LogP contribution < -0.4 is 0 Å². The van der Waals surface area contributed by atoms with Gasteiger partial charge < -0.3 is 5.11 Å². The minimum Gasteiger partial charge on any atom is -0.478 e. The van der Waals surface area contributed by atoms with Gasteiger partial charge in [-0.15, -0.1) is 0 Å². The van der Waals surface area contributed by atoms with Crippen LogP contribution in [-0.4, -0.2) is 17.3 Å². The number of carbonyl (C=O) groups is 1. The Kier molecular flexibility index (Phi) is 11.0. The zero-order chi connectivity index (χ0) is 17.0. The van der Waals surface area contributed by atoms with Crippen LogP contribution in [0.25, 0.3) is 0 Å². The Morgan fingerprint density at radius 2 is 1.27 bits per heavy atom. The molecule has 0 aliphatic carbocycles. The second-order valence-corrected chi connectivity index (χ2v) is 5.84. The summed E-state index contributed by atoms with van der Waals surface area (Å²) in [4.78, 5) is 10.7. The van der Waals surface area contributed by atoms with E-state index in [0.29, 0.717) is 6.42 Å². The number of carboxylic acids is 1. The zero-order valence-corrected chi connectivity index (χ0v) is 13.8. The van der Waals surface area contributed by atoms with Gasteiger partial charge in [-0.3, -0.25) is 0 Å². The van der Waals surface area contributed by atoms with Crippen molar-refractivity contribution >= 4 is 5.97 Å². The van der Waals surface area contributed by atoms with Gasteiger partial charge in [0.1, 0.15) is 0 Å². The highest BCUT2D eigenvalue weighted by atomic mass is 19.4. The van der Waals surface area contributed by atoms with Crippen molar-refractivity contribution in [2.24, 2.45) is 0 Å². The van der Waals surface area contributed by atoms with E-state index in [0.717, 1.165) is 32.6 Å². The molecule has 2 nitrogen and oxygen atoms in total. The Labute approximate surface area is 131 Å². The summed E-state index contributed by atoms with van der Waals surface area (Å²) in [5.41, 5.74) is -1.47. The monoisotopic (exact) mass is 322 g/mol. The van der Waals surface area contributed by atoms with E-state index >= 15 is 0 Å². The van der Waals surface area contributed by atoms with Crippen LogP contribution in [0, 0.1) is 0 Å². The van der Waals surface area contributed by atoms with Crippen molar-refractivity contribution in [2.45, 2.75) is 90.7 Å². The molecule has 0 aromatic rings. The third kappa shape index (κ3) is 9.85. The van der Waals surface area contributed by atoms with E-state index in [2.05, 4.69) is 6.92 Å². The molecule has 0 spiro atoms. The molecule has 0 fully saturated rings. The highest BCUT2D eigenvalue weighted by Gasteiger charge is 2.35. The van der Waals surface area contributed by atoms with Gasteiger partial charge >= 0.3 is 12.1 Å². The Morgan fingerprint density at radius 3 is 1.64 bits per heavy atom. The van der Waals surface area contributed by atoms with E-state index < -0.39 is 23.3 Å². The van der Waals surface area contributed by atoms with E-state index in [1.807, 2.05) is 0 Å². The lowest BCUT2D eigenvalue weighted by molar-refractivity contribution is -0.134. The van der Waals surface area contributed by atoms with Gasteiger partial charge in [-0.05, 0) is 19.8 Å². The van der Waals surface area contributed by atoms with Gasteiger partial charge in [-0.2, -0.15) is 13.2 Å². The van der Waals surface area contributed by atoms with E-state index in [1.54, 1.807) is 0 Å². The van der Waals surface area contributed by atoms with Gasteiger partial charge in [0.15, 0.2) is 0 Å².